The number of aliphatic carboxylic acids is 1. The number of hydrogen-bond donors (Lipinski definition) is 1. The number of benzene rings is 1. The average Bonchev–Trinajstić information content (AvgIpc) is 3.02. The lowest BCUT2D eigenvalue weighted by Crippen LogP contribution is -2.41. The Balaban J connectivity index is 2.39. The van der Waals surface area contributed by atoms with Crippen molar-refractivity contribution in [3.8, 4) is 17.2 Å². The van der Waals surface area contributed by atoms with Crippen LogP contribution in [0.25, 0.3) is 0 Å². The summed E-state index contributed by atoms with van der Waals surface area (Å²) in [6.07, 6.45) is 0. The lowest BCUT2D eigenvalue weighted by atomic mass is 10.1. The molecule has 1 atom stereocenters. The topological polar surface area (TPSA) is 85.3 Å². The molecule has 0 radical (unpaired) electrons. The molecule has 7 nitrogen and oxygen atoms in total. The van der Waals surface area contributed by atoms with Gasteiger partial charge in [0.15, 0.2) is 11.5 Å². The Labute approximate surface area is 132 Å². The van der Waals surface area contributed by atoms with Crippen molar-refractivity contribution >= 4 is 23.6 Å². The second kappa shape index (κ2) is 6.78. The van der Waals surface area contributed by atoms with E-state index in [1.807, 2.05) is 0 Å². The van der Waals surface area contributed by atoms with Crippen molar-refractivity contribution in [2.24, 2.45) is 0 Å². The van der Waals surface area contributed by atoms with Gasteiger partial charge in [-0.1, -0.05) is 0 Å². The maximum Gasteiger partial charge on any atom is 0.327 e. The highest BCUT2D eigenvalue weighted by Crippen LogP contribution is 2.39. The van der Waals surface area contributed by atoms with Crippen molar-refractivity contribution in [3.63, 3.8) is 0 Å². The zero-order chi connectivity index (χ0) is 16.3. The Morgan fingerprint density at radius 1 is 1.18 bits per heavy atom. The van der Waals surface area contributed by atoms with Gasteiger partial charge in [0.25, 0.3) is 5.91 Å². The zero-order valence-electron chi connectivity index (χ0n) is 12.5. The first-order chi connectivity index (χ1) is 10.5. The van der Waals surface area contributed by atoms with Gasteiger partial charge in [-0.2, -0.15) is 0 Å². The van der Waals surface area contributed by atoms with Gasteiger partial charge in [-0.05, 0) is 12.1 Å². The summed E-state index contributed by atoms with van der Waals surface area (Å²) in [7, 11) is 4.38. The predicted molar refractivity (Wildman–Crippen MR) is 81.0 cm³/mol. The van der Waals surface area contributed by atoms with Gasteiger partial charge < -0.3 is 24.2 Å². The molecule has 1 saturated heterocycles. The van der Waals surface area contributed by atoms with Crippen molar-refractivity contribution in [1.82, 2.24) is 4.90 Å². The van der Waals surface area contributed by atoms with Crippen LogP contribution >= 0.6 is 11.8 Å². The Bertz CT molecular complexity index is 566. The summed E-state index contributed by atoms with van der Waals surface area (Å²) < 4.78 is 15.6. The van der Waals surface area contributed by atoms with E-state index >= 15 is 0 Å². The Hall–Kier alpha value is -2.09. The summed E-state index contributed by atoms with van der Waals surface area (Å²) in [4.78, 5) is 25.1. The Morgan fingerprint density at radius 3 is 2.23 bits per heavy atom. The molecule has 1 aromatic carbocycles. The summed E-state index contributed by atoms with van der Waals surface area (Å²) in [6, 6.07) is 2.22. The smallest absolute Gasteiger partial charge is 0.327 e. The van der Waals surface area contributed by atoms with Crippen molar-refractivity contribution in [2.75, 3.05) is 33.0 Å². The normalized spacial score (nSPS) is 17.2. The van der Waals surface area contributed by atoms with Crippen LogP contribution in [-0.4, -0.2) is 60.9 Å². The van der Waals surface area contributed by atoms with E-state index in [4.69, 9.17) is 14.2 Å². The maximum absolute atomic E-state index is 12.6. The highest BCUT2D eigenvalue weighted by molar-refractivity contribution is 7.99. The molecular formula is C14H17NO6S. The molecule has 1 aromatic rings. The number of carboxylic acids is 1. The van der Waals surface area contributed by atoms with Crippen molar-refractivity contribution in [3.05, 3.63) is 17.7 Å². The van der Waals surface area contributed by atoms with Gasteiger partial charge in [0.05, 0.1) is 27.2 Å². The molecule has 1 heterocycles. The lowest BCUT2D eigenvalue weighted by molar-refractivity contribution is -0.140. The molecule has 0 bridgehead atoms. The van der Waals surface area contributed by atoms with Crippen LogP contribution < -0.4 is 14.2 Å². The first-order valence-electron chi connectivity index (χ1n) is 6.45. The van der Waals surface area contributed by atoms with E-state index in [1.165, 1.54) is 50.1 Å². The third-order valence-corrected chi connectivity index (χ3v) is 4.35. The molecule has 22 heavy (non-hydrogen) atoms. The van der Waals surface area contributed by atoms with Gasteiger partial charge >= 0.3 is 5.97 Å². The van der Waals surface area contributed by atoms with Crippen LogP contribution in [0, 0.1) is 0 Å². The number of hydrogen-bond acceptors (Lipinski definition) is 6. The number of carboxylic acid groups (broad SMARTS) is 1. The van der Waals surface area contributed by atoms with Gasteiger partial charge in [0.1, 0.15) is 6.04 Å². The molecule has 1 amide bonds. The molecule has 0 aliphatic carbocycles. The quantitative estimate of drug-likeness (QED) is 0.872. The number of nitrogens with zero attached hydrogens (tertiary/aromatic N) is 1. The first-order valence-corrected chi connectivity index (χ1v) is 7.60. The predicted octanol–water partition coefficient (Wildman–Crippen LogP) is 1.31. The van der Waals surface area contributed by atoms with Crippen LogP contribution in [0.1, 0.15) is 10.4 Å². The standard InChI is InChI=1S/C14H17NO6S/c1-19-10-4-8(5-11(20-2)12(10)21-3)13(16)15-7-22-6-9(15)14(17)18/h4-5,9H,6-7H2,1-3H3,(H,17,18)/t9-/m0/s1. The summed E-state index contributed by atoms with van der Waals surface area (Å²) >= 11 is 1.41. The van der Waals surface area contributed by atoms with E-state index in [0.717, 1.165) is 0 Å². The monoisotopic (exact) mass is 327 g/mol. The van der Waals surface area contributed by atoms with E-state index in [0.29, 0.717) is 34.4 Å². The van der Waals surface area contributed by atoms with Gasteiger partial charge in [-0.15, -0.1) is 11.8 Å². The second-order valence-corrected chi connectivity index (χ2v) is 5.54. The van der Waals surface area contributed by atoms with Gasteiger partial charge in [0.2, 0.25) is 5.75 Å². The number of carbonyl (C=O) groups excluding carboxylic acids is 1. The number of carbonyl (C=O) groups is 2. The summed E-state index contributed by atoms with van der Waals surface area (Å²) in [5, 5.41) is 9.19. The fourth-order valence-electron chi connectivity index (χ4n) is 2.22. The summed E-state index contributed by atoms with van der Waals surface area (Å²) in [6.45, 7) is 0. The molecule has 1 aliphatic rings. The SMILES string of the molecule is COc1cc(C(=O)N2CSC[C@H]2C(=O)O)cc(OC)c1OC. The summed E-state index contributed by atoms with van der Waals surface area (Å²) in [5.74, 6) is 0.417. The van der Waals surface area contributed by atoms with Crippen LogP contribution in [0.4, 0.5) is 0 Å². The number of ether oxygens (including phenoxy) is 3. The number of amides is 1. The third-order valence-electron chi connectivity index (χ3n) is 3.34. The van der Waals surface area contributed by atoms with Crippen molar-refractivity contribution < 1.29 is 28.9 Å². The highest BCUT2D eigenvalue weighted by atomic mass is 32.2. The Morgan fingerprint density at radius 2 is 1.77 bits per heavy atom. The van der Waals surface area contributed by atoms with Gasteiger partial charge in [-0.3, -0.25) is 4.79 Å². The van der Waals surface area contributed by atoms with E-state index in [-0.39, 0.29) is 5.91 Å². The van der Waals surface area contributed by atoms with E-state index in [9.17, 15) is 14.7 Å². The maximum atomic E-state index is 12.6. The minimum absolute atomic E-state index is 0.295. The van der Waals surface area contributed by atoms with Gasteiger partial charge in [0, 0.05) is 11.3 Å². The van der Waals surface area contributed by atoms with E-state index < -0.39 is 12.0 Å². The largest absolute Gasteiger partial charge is 0.493 e. The fourth-order valence-corrected chi connectivity index (χ4v) is 3.36. The lowest BCUT2D eigenvalue weighted by Gasteiger charge is -2.21. The molecule has 8 heteroatoms. The molecule has 0 aromatic heterocycles. The highest BCUT2D eigenvalue weighted by Gasteiger charge is 2.35. The van der Waals surface area contributed by atoms with Crippen LogP contribution in [0.5, 0.6) is 17.2 Å². The summed E-state index contributed by atoms with van der Waals surface area (Å²) in [5.41, 5.74) is 0.295. The van der Waals surface area contributed by atoms with Crippen molar-refractivity contribution in [2.45, 2.75) is 6.04 Å². The van der Waals surface area contributed by atoms with E-state index in [2.05, 4.69) is 0 Å². The van der Waals surface area contributed by atoms with Crippen LogP contribution in [0.3, 0.4) is 0 Å². The third kappa shape index (κ3) is 2.92. The minimum Gasteiger partial charge on any atom is -0.493 e. The average molecular weight is 327 g/mol. The molecule has 0 unspecified atom stereocenters. The molecule has 2 rings (SSSR count). The fraction of sp³-hybridized carbons (Fsp3) is 0.429. The van der Waals surface area contributed by atoms with Crippen LogP contribution in [0.2, 0.25) is 0 Å². The zero-order valence-corrected chi connectivity index (χ0v) is 13.3. The van der Waals surface area contributed by atoms with Crippen LogP contribution in [-0.2, 0) is 4.79 Å². The number of rotatable bonds is 5. The van der Waals surface area contributed by atoms with Crippen molar-refractivity contribution in [1.29, 1.82) is 0 Å². The molecule has 0 spiro atoms. The minimum atomic E-state index is -1.01. The molecule has 120 valence electrons. The number of thioether (sulfide) groups is 1. The Kier molecular flexibility index (Phi) is 5.02. The van der Waals surface area contributed by atoms with Gasteiger partial charge in [-0.25, -0.2) is 4.79 Å². The number of methoxy groups -OCH3 is 3. The first kappa shape index (κ1) is 16.3. The second-order valence-electron chi connectivity index (χ2n) is 4.54. The van der Waals surface area contributed by atoms with E-state index in [1.54, 1.807) is 0 Å². The molecular weight excluding hydrogens is 310 g/mol. The molecule has 1 N–H and O–H groups in total. The molecule has 1 fully saturated rings. The van der Waals surface area contributed by atoms with Crippen LogP contribution in [0.15, 0.2) is 12.1 Å². The molecule has 1 aliphatic heterocycles. The molecule has 0 saturated carbocycles.